The number of nitrogens with zero attached hydrogens (tertiary/aromatic N) is 4. The maximum Gasteiger partial charge on any atom is 0.281 e. The molecule has 1 aromatic carbocycles. The van der Waals surface area contributed by atoms with E-state index in [4.69, 9.17) is 10.8 Å². The lowest BCUT2D eigenvalue weighted by Gasteiger charge is -2.11. The third kappa shape index (κ3) is 3.54. The molecule has 2 rings (SSSR count). The molecule has 1 amide bonds. The average molecular weight is 341 g/mol. The zero-order valence-electron chi connectivity index (χ0n) is 13.3. The van der Waals surface area contributed by atoms with Crippen molar-refractivity contribution in [1.29, 1.82) is 5.26 Å². The summed E-state index contributed by atoms with van der Waals surface area (Å²) >= 11 is 0. The highest BCUT2D eigenvalue weighted by molar-refractivity contribution is 5.92. The highest BCUT2D eigenvalue weighted by Crippen LogP contribution is 2.26. The van der Waals surface area contributed by atoms with Gasteiger partial charge >= 0.3 is 0 Å². The molecule has 4 N–H and O–H groups in total. The molecule has 128 valence electrons. The van der Waals surface area contributed by atoms with Crippen LogP contribution in [-0.4, -0.2) is 27.3 Å². The van der Waals surface area contributed by atoms with Gasteiger partial charge in [0.1, 0.15) is 11.6 Å². The van der Waals surface area contributed by atoms with Crippen LogP contribution < -0.4 is 11.3 Å². The van der Waals surface area contributed by atoms with E-state index in [9.17, 15) is 20.0 Å². The van der Waals surface area contributed by atoms with Crippen LogP contribution in [0.2, 0.25) is 0 Å². The highest BCUT2D eigenvalue weighted by atomic mass is 16.3. The minimum Gasteiger partial charge on any atom is -0.493 e. The maximum atomic E-state index is 12.4. The largest absolute Gasteiger partial charge is 0.493 e. The summed E-state index contributed by atoms with van der Waals surface area (Å²) in [5.74, 6) is -1.10. The molecule has 0 aliphatic heterocycles. The van der Waals surface area contributed by atoms with Crippen LogP contribution in [0.5, 0.6) is 5.88 Å². The predicted molar refractivity (Wildman–Crippen MR) is 88.0 cm³/mol. The molecule has 2 aromatic rings. The van der Waals surface area contributed by atoms with Crippen molar-refractivity contribution in [2.75, 3.05) is 6.61 Å². The highest BCUT2D eigenvalue weighted by Gasteiger charge is 2.18. The van der Waals surface area contributed by atoms with Gasteiger partial charge in [0, 0.05) is 11.1 Å². The molecule has 25 heavy (non-hydrogen) atoms. The van der Waals surface area contributed by atoms with Gasteiger partial charge in [-0.05, 0) is 31.2 Å². The molecule has 0 spiro atoms. The lowest BCUT2D eigenvalue weighted by molar-refractivity contribution is 0.100. The van der Waals surface area contributed by atoms with E-state index in [1.807, 2.05) is 0 Å². The van der Waals surface area contributed by atoms with Crippen LogP contribution in [-0.2, 0) is 6.54 Å². The number of amides is 1. The lowest BCUT2D eigenvalue weighted by atomic mass is 10.1. The SMILES string of the molecule is Cc1c(C#N)c(O)n(CCO)c(=O)c1N=Nc1ccc(C(N)=O)cc1. The van der Waals surface area contributed by atoms with Crippen molar-refractivity contribution in [2.45, 2.75) is 13.5 Å². The second-order valence-corrected chi connectivity index (χ2v) is 5.08. The zero-order chi connectivity index (χ0) is 18.6. The minimum absolute atomic E-state index is 0.119. The van der Waals surface area contributed by atoms with Crippen molar-refractivity contribution in [2.24, 2.45) is 16.0 Å². The molecule has 0 fully saturated rings. The number of carbonyl (C=O) groups excluding carboxylic acids is 1. The molecular weight excluding hydrogens is 326 g/mol. The molecule has 0 aliphatic carbocycles. The quantitative estimate of drug-likeness (QED) is 0.698. The Morgan fingerprint density at radius 3 is 2.48 bits per heavy atom. The molecule has 0 saturated heterocycles. The first kappa shape index (κ1) is 17.8. The van der Waals surface area contributed by atoms with Crippen molar-refractivity contribution in [3.05, 3.63) is 51.3 Å². The van der Waals surface area contributed by atoms with Crippen LogP contribution in [0, 0.1) is 18.3 Å². The molecule has 1 heterocycles. The number of rotatable bonds is 5. The van der Waals surface area contributed by atoms with Crippen molar-refractivity contribution in [3.63, 3.8) is 0 Å². The van der Waals surface area contributed by atoms with Crippen molar-refractivity contribution in [1.82, 2.24) is 4.57 Å². The summed E-state index contributed by atoms with van der Waals surface area (Å²) in [5.41, 5.74) is 5.07. The summed E-state index contributed by atoms with van der Waals surface area (Å²) in [4.78, 5) is 23.4. The van der Waals surface area contributed by atoms with Crippen LogP contribution in [0.25, 0.3) is 0 Å². The molecular formula is C16H15N5O4. The Labute approximate surface area is 142 Å². The Bertz CT molecular complexity index is 939. The number of carbonyl (C=O) groups is 1. The third-order valence-corrected chi connectivity index (χ3v) is 3.51. The lowest BCUT2D eigenvalue weighted by Crippen LogP contribution is -2.23. The van der Waals surface area contributed by atoms with Gasteiger partial charge in [0.2, 0.25) is 11.8 Å². The van der Waals surface area contributed by atoms with E-state index in [-0.39, 0.29) is 23.4 Å². The van der Waals surface area contributed by atoms with Crippen LogP contribution in [0.3, 0.4) is 0 Å². The minimum atomic E-state index is -0.680. The van der Waals surface area contributed by atoms with Gasteiger partial charge in [0.25, 0.3) is 5.56 Å². The average Bonchev–Trinajstić information content (AvgIpc) is 2.59. The van der Waals surface area contributed by atoms with Crippen LogP contribution >= 0.6 is 0 Å². The fraction of sp³-hybridized carbons (Fsp3) is 0.188. The fourth-order valence-corrected chi connectivity index (χ4v) is 2.16. The van der Waals surface area contributed by atoms with Gasteiger partial charge in [-0.2, -0.15) is 10.4 Å². The molecule has 0 radical (unpaired) electrons. The number of azo groups is 1. The van der Waals surface area contributed by atoms with Gasteiger partial charge in [-0.3, -0.25) is 14.2 Å². The van der Waals surface area contributed by atoms with Crippen molar-refractivity contribution in [3.8, 4) is 11.9 Å². The second kappa shape index (κ2) is 7.37. The molecule has 9 heteroatoms. The van der Waals surface area contributed by atoms with E-state index in [1.165, 1.54) is 31.2 Å². The van der Waals surface area contributed by atoms with Crippen molar-refractivity contribution >= 4 is 17.3 Å². The normalized spacial score (nSPS) is 10.8. The number of nitrogens with two attached hydrogens (primary N) is 1. The number of primary amides is 1. The first-order valence-corrected chi connectivity index (χ1v) is 7.19. The molecule has 0 aliphatic rings. The van der Waals surface area contributed by atoms with E-state index in [0.717, 1.165) is 4.57 Å². The van der Waals surface area contributed by atoms with Crippen molar-refractivity contribution < 1.29 is 15.0 Å². The third-order valence-electron chi connectivity index (χ3n) is 3.51. The van der Waals surface area contributed by atoms with E-state index >= 15 is 0 Å². The van der Waals surface area contributed by atoms with Gasteiger partial charge in [-0.1, -0.05) is 0 Å². The predicted octanol–water partition coefficient (Wildman–Crippen LogP) is 1.24. The number of aliphatic hydroxyl groups is 1. The Hall–Kier alpha value is -3.51. The van der Waals surface area contributed by atoms with Gasteiger partial charge in [-0.25, -0.2) is 0 Å². The second-order valence-electron chi connectivity index (χ2n) is 5.08. The summed E-state index contributed by atoms with van der Waals surface area (Å²) in [5, 5.41) is 36.0. The number of aromatic hydroxyl groups is 1. The standard InChI is InChI=1S/C16H15N5O4/c1-9-12(8-17)15(24)21(6-7-22)16(25)13(9)20-19-11-4-2-10(3-5-11)14(18)23/h2-5,22,24H,6-7H2,1H3,(H2,18,23). The van der Waals surface area contributed by atoms with Gasteiger partial charge in [0.05, 0.1) is 18.8 Å². The Morgan fingerprint density at radius 2 is 1.96 bits per heavy atom. The number of benzene rings is 1. The van der Waals surface area contributed by atoms with Gasteiger partial charge in [-0.15, -0.1) is 5.11 Å². The summed E-state index contributed by atoms with van der Waals surface area (Å²) in [6.45, 7) is 0.884. The molecule has 0 saturated carbocycles. The first-order valence-electron chi connectivity index (χ1n) is 7.19. The summed E-state index contributed by atoms with van der Waals surface area (Å²) in [6.07, 6.45) is 0. The van der Waals surface area contributed by atoms with Gasteiger partial charge < -0.3 is 15.9 Å². The number of aromatic nitrogens is 1. The van der Waals surface area contributed by atoms with Crippen LogP contribution in [0.15, 0.2) is 39.3 Å². The number of nitriles is 1. The smallest absolute Gasteiger partial charge is 0.281 e. The number of pyridine rings is 1. The van der Waals surface area contributed by atoms with Crippen LogP contribution in [0.1, 0.15) is 21.5 Å². The van der Waals surface area contributed by atoms with E-state index < -0.39 is 24.0 Å². The Balaban J connectivity index is 2.52. The van der Waals surface area contributed by atoms with E-state index in [2.05, 4.69) is 10.2 Å². The molecule has 1 aromatic heterocycles. The first-order chi connectivity index (χ1) is 11.9. The van der Waals surface area contributed by atoms with Gasteiger partial charge in [0.15, 0.2) is 5.69 Å². The number of hydrogen-bond donors (Lipinski definition) is 3. The van der Waals surface area contributed by atoms with Crippen LogP contribution in [0.4, 0.5) is 11.4 Å². The molecule has 0 atom stereocenters. The monoisotopic (exact) mass is 341 g/mol. The fourth-order valence-electron chi connectivity index (χ4n) is 2.16. The number of aliphatic hydroxyl groups excluding tert-OH is 1. The maximum absolute atomic E-state index is 12.4. The Kier molecular flexibility index (Phi) is 5.26. The summed E-state index contributed by atoms with van der Waals surface area (Å²) in [6, 6.07) is 7.72. The van der Waals surface area contributed by atoms with E-state index in [0.29, 0.717) is 11.3 Å². The summed E-state index contributed by atoms with van der Waals surface area (Å²) in [7, 11) is 0. The molecule has 9 nitrogen and oxygen atoms in total. The molecule has 0 unspecified atom stereocenters. The Morgan fingerprint density at radius 1 is 1.32 bits per heavy atom. The topological polar surface area (TPSA) is 154 Å². The zero-order valence-corrected chi connectivity index (χ0v) is 13.3. The van der Waals surface area contributed by atoms with E-state index in [1.54, 1.807) is 6.07 Å². The molecule has 0 bridgehead atoms. The number of hydrogen-bond acceptors (Lipinski definition) is 7. The summed E-state index contributed by atoms with van der Waals surface area (Å²) < 4.78 is 0.857.